The standard InChI is InChI=1S/C11H12FN3O/c1-13-7-6-10-14-11(15-16-10)8-2-4-9(12)5-3-8/h2-5,13H,6-7H2,1H3. The van der Waals surface area contributed by atoms with Crippen molar-refractivity contribution < 1.29 is 8.91 Å². The van der Waals surface area contributed by atoms with E-state index in [-0.39, 0.29) is 5.82 Å². The minimum absolute atomic E-state index is 0.275. The van der Waals surface area contributed by atoms with E-state index < -0.39 is 0 Å². The number of aromatic nitrogens is 2. The first-order chi connectivity index (χ1) is 7.79. The molecule has 0 aliphatic rings. The molecule has 5 heteroatoms. The Hall–Kier alpha value is -1.75. The van der Waals surface area contributed by atoms with Gasteiger partial charge in [-0.05, 0) is 31.3 Å². The number of benzene rings is 1. The Bertz CT molecular complexity index is 453. The highest BCUT2D eigenvalue weighted by molar-refractivity contribution is 5.53. The Morgan fingerprint density at radius 2 is 2.06 bits per heavy atom. The van der Waals surface area contributed by atoms with Gasteiger partial charge >= 0.3 is 0 Å². The molecule has 0 aliphatic heterocycles. The van der Waals surface area contributed by atoms with E-state index in [1.165, 1.54) is 12.1 Å². The average molecular weight is 221 g/mol. The maximum Gasteiger partial charge on any atom is 0.228 e. The molecule has 4 nitrogen and oxygen atoms in total. The van der Waals surface area contributed by atoms with Crippen LogP contribution in [0.5, 0.6) is 0 Å². The predicted molar refractivity (Wildman–Crippen MR) is 57.3 cm³/mol. The quantitative estimate of drug-likeness (QED) is 0.852. The van der Waals surface area contributed by atoms with E-state index in [0.717, 1.165) is 12.1 Å². The van der Waals surface area contributed by atoms with Crippen LogP contribution < -0.4 is 5.32 Å². The highest BCUT2D eigenvalue weighted by atomic mass is 19.1. The fourth-order valence-electron chi connectivity index (χ4n) is 1.30. The molecule has 1 heterocycles. The number of hydrogen-bond donors (Lipinski definition) is 1. The van der Waals surface area contributed by atoms with Crippen molar-refractivity contribution in [2.75, 3.05) is 13.6 Å². The summed E-state index contributed by atoms with van der Waals surface area (Å²) in [5.74, 6) is 0.794. The molecule has 2 rings (SSSR count). The van der Waals surface area contributed by atoms with E-state index in [4.69, 9.17) is 4.52 Å². The van der Waals surface area contributed by atoms with Gasteiger partial charge < -0.3 is 9.84 Å². The zero-order chi connectivity index (χ0) is 11.4. The van der Waals surface area contributed by atoms with E-state index >= 15 is 0 Å². The summed E-state index contributed by atoms with van der Waals surface area (Å²) in [6.45, 7) is 0.783. The Morgan fingerprint density at radius 3 is 2.75 bits per heavy atom. The number of rotatable bonds is 4. The van der Waals surface area contributed by atoms with Crippen LogP contribution in [-0.2, 0) is 6.42 Å². The number of nitrogens with one attached hydrogen (secondary N) is 1. The van der Waals surface area contributed by atoms with E-state index in [0.29, 0.717) is 18.1 Å². The summed E-state index contributed by atoms with van der Waals surface area (Å²) in [6, 6.07) is 6.00. The highest BCUT2D eigenvalue weighted by Crippen LogP contribution is 2.15. The lowest BCUT2D eigenvalue weighted by molar-refractivity contribution is 0.377. The molecule has 0 unspecified atom stereocenters. The summed E-state index contributed by atoms with van der Waals surface area (Å²) < 4.78 is 17.8. The summed E-state index contributed by atoms with van der Waals surface area (Å²) in [7, 11) is 1.86. The van der Waals surface area contributed by atoms with Crippen LogP contribution in [0.15, 0.2) is 28.8 Å². The molecule has 0 atom stereocenters. The molecule has 16 heavy (non-hydrogen) atoms. The number of halogens is 1. The third kappa shape index (κ3) is 2.43. The highest BCUT2D eigenvalue weighted by Gasteiger charge is 2.07. The lowest BCUT2D eigenvalue weighted by Gasteiger charge is -1.93. The van der Waals surface area contributed by atoms with Gasteiger partial charge in [0.2, 0.25) is 11.7 Å². The summed E-state index contributed by atoms with van der Waals surface area (Å²) in [5, 5.41) is 6.83. The van der Waals surface area contributed by atoms with Crippen LogP contribution in [0.25, 0.3) is 11.4 Å². The van der Waals surface area contributed by atoms with E-state index in [9.17, 15) is 4.39 Å². The number of nitrogens with zero attached hydrogens (tertiary/aromatic N) is 2. The third-order valence-electron chi connectivity index (χ3n) is 2.16. The molecule has 1 N–H and O–H groups in total. The van der Waals surface area contributed by atoms with Crippen molar-refractivity contribution in [3.63, 3.8) is 0 Å². The van der Waals surface area contributed by atoms with Crippen molar-refractivity contribution in [1.82, 2.24) is 15.5 Å². The van der Waals surface area contributed by atoms with Gasteiger partial charge in [0, 0.05) is 18.5 Å². The zero-order valence-electron chi connectivity index (χ0n) is 8.90. The topological polar surface area (TPSA) is 51.0 Å². The summed E-state index contributed by atoms with van der Waals surface area (Å²) in [4.78, 5) is 4.21. The van der Waals surface area contributed by atoms with Crippen molar-refractivity contribution in [3.8, 4) is 11.4 Å². The molecule has 0 amide bonds. The molecule has 0 bridgehead atoms. The van der Waals surface area contributed by atoms with E-state index in [2.05, 4.69) is 15.5 Å². The molecule has 0 saturated carbocycles. The predicted octanol–water partition coefficient (Wildman–Crippen LogP) is 1.64. The molecule has 0 aliphatic carbocycles. The van der Waals surface area contributed by atoms with Crippen LogP contribution in [0.3, 0.4) is 0 Å². The monoisotopic (exact) mass is 221 g/mol. The van der Waals surface area contributed by atoms with Gasteiger partial charge in [-0.25, -0.2) is 4.39 Å². The molecular formula is C11H12FN3O. The molecule has 1 aromatic heterocycles. The van der Waals surface area contributed by atoms with E-state index in [1.807, 2.05) is 7.05 Å². The largest absolute Gasteiger partial charge is 0.339 e. The van der Waals surface area contributed by atoms with Crippen molar-refractivity contribution in [1.29, 1.82) is 0 Å². The summed E-state index contributed by atoms with van der Waals surface area (Å²) in [6.07, 6.45) is 0.685. The van der Waals surface area contributed by atoms with Crippen LogP contribution in [0.2, 0.25) is 0 Å². The first kappa shape index (κ1) is 10.8. The van der Waals surface area contributed by atoms with Crippen molar-refractivity contribution in [3.05, 3.63) is 36.0 Å². The second-order valence-corrected chi connectivity index (χ2v) is 3.37. The Kier molecular flexibility index (Phi) is 3.26. The minimum atomic E-state index is -0.275. The van der Waals surface area contributed by atoms with Gasteiger partial charge in [0.05, 0.1) is 0 Å². The second kappa shape index (κ2) is 4.85. The zero-order valence-corrected chi connectivity index (χ0v) is 8.90. The van der Waals surface area contributed by atoms with Gasteiger partial charge in [-0.15, -0.1) is 0 Å². The Labute approximate surface area is 92.5 Å². The van der Waals surface area contributed by atoms with Gasteiger partial charge in [-0.1, -0.05) is 5.16 Å². The first-order valence-corrected chi connectivity index (χ1v) is 5.02. The van der Waals surface area contributed by atoms with Crippen LogP contribution >= 0.6 is 0 Å². The average Bonchev–Trinajstić information content (AvgIpc) is 2.76. The van der Waals surface area contributed by atoms with Gasteiger partial charge in [0.25, 0.3) is 0 Å². The van der Waals surface area contributed by atoms with Gasteiger partial charge in [0.1, 0.15) is 5.82 Å². The van der Waals surface area contributed by atoms with Gasteiger partial charge in [-0.2, -0.15) is 4.98 Å². The number of hydrogen-bond acceptors (Lipinski definition) is 4. The fourth-order valence-corrected chi connectivity index (χ4v) is 1.30. The molecule has 0 radical (unpaired) electrons. The van der Waals surface area contributed by atoms with E-state index in [1.54, 1.807) is 12.1 Å². The van der Waals surface area contributed by atoms with Crippen LogP contribution in [-0.4, -0.2) is 23.7 Å². The maximum atomic E-state index is 12.7. The molecule has 84 valence electrons. The van der Waals surface area contributed by atoms with Crippen LogP contribution in [0.1, 0.15) is 5.89 Å². The molecule has 0 saturated heterocycles. The summed E-state index contributed by atoms with van der Waals surface area (Å²) in [5.41, 5.74) is 0.751. The van der Waals surface area contributed by atoms with Gasteiger partial charge in [-0.3, -0.25) is 0 Å². The third-order valence-corrected chi connectivity index (χ3v) is 2.16. The molecule has 1 aromatic carbocycles. The Morgan fingerprint density at radius 1 is 1.31 bits per heavy atom. The summed E-state index contributed by atoms with van der Waals surface area (Å²) >= 11 is 0. The smallest absolute Gasteiger partial charge is 0.228 e. The molecular weight excluding hydrogens is 209 g/mol. The maximum absolute atomic E-state index is 12.7. The Balaban J connectivity index is 2.15. The lowest BCUT2D eigenvalue weighted by atomic mass is 10.2. The molecule has 0 spiro atoms. The molecule has 2 aromatic rings. The minimum Gasteiger partial charge on any atom is -0.339 e. The fraction of sp³-hybridized carbons (Fsp3) is 0.273. The SMILES string of the molecule is CNCCc1nc(-c2ccc(F)cc2)no1. The number of likely N-dealkylation sites (N-methyl/N-ethyl adjacent to an activating group) is 1. The normalized spacial score (nSPS) is 10.6. The van der Waals surface area contributed by atoms with Crippen LogP contribution in [0.4, 0.5) is 4.39 Å². The van der Waals surface area contributed by atoms with Crippen molar-refractivity contribution >= 4 is 0 Å². The van der Waals surface area contributed by atoms with Crippen LogP contribution in [0, 0.1) is 5.82 Å². The van der Waals surface area contributed by atoms with Crippen molar-refractivity contribution in [2.45, 2.75) is 6.42 Å². The van der Waals surface area contributed by atoms with Gasteiger partial charge in [0.15, 0.2) is 0 Å². The van der Waals surface area contributed by atoms with Crippen molar-refractivity contribution in [2.24, 2.45) is 0 Å². The lowest BCUT2D eigenvalue weighted by Crippen LogP contribution is -2.10. The second-order valence-electron chi connectivity index (χ2n) is 3.37. The first-order valence-electron chi connectivity index (χ1n) is 5.02. The molecule has 0 fully saturated rings.